The van der Waals surface area contributed by atoms with Gasteiger partial charge in [0.2, 0.25) is 0 Å². The van der Waals surface area contributed by atoms with Gasteiger partial charge in [-0.2, -0.15) is 0 Å². The summed E-state index contributed by atoms with van der Waals surface area (Å²) in [5, 5.41) is 11.7. The second-order valence-electron chi connectivity index (χ2n) is 4.91. The Morgan fingerprint density at radius 2 is 2.29 bits per heavy atom. The van der Waals surface area contributed by atoms with Crippen LogP contribution in [0.15, 0.2) is 18.2 Å². The van der Waals surface area contributed by atoms with Crippen LogP contribution in [0.4, 0.5) is 0 Å². The van der Waals surface area contributed by atoms with Gasteiger partial charge in [-0.25, -0.2) is 4.79 Å². The Morgan fingerprint density at radius 3 is 3.00 bits per heavy atom. The second kappa shape index (κ2) is 6.97. The fraction of sp³-hybridized carbons (Fsp3) is 0.467. The molecule has 1 aliphatic heterocycles. The minimum absolute atomic E-state index is 0.0646. The molecule has 0 spiro atoms. The Labute approximate surface area is 123 Å². The van der Waals surface area contributed by atoms with Crippen LogP contribution in [0.1, 0.15) is 25.3 Å². The first-order chi connectivity index (χ1) is 10.1. The Bertz CT molecular complexity index is 529. The van der Waals surface area contributed by atoms with E-state index in [0.717, 1.165) is 18.4 Å². The van der Waals surface area contributed by atoms with E-state index in [9.17, 15) is 9.59 Å². The summed E-state index contributed by atoms with van der Waals surface area (Å²) in [5.41, 5.74) is 0.835. The predicted octanol–water partition coefficient (Wildman–Crippen LogP) is 1.37. The molecular weight excluding hydrogens is 274 g/mol. The van der Waals surface area contributed by atoms with Crippen molar-refractivity contribution in [3.8, 4) is 11.5 Å². The number of unbranched alkanes of at least 4 members (excludes halogenated alkanes) is 1. The Balaban J connectivity index is 1.85. The number of carbonyl (C=O) groups excluding carboxylic acids is 1. The van der Waals surface area contributed by atoms with Gasteiger partial charge in [0.1, 0.15) is 11.5 Å². The van der Waals surface area contributed by atoms with E-state index in [-0.39, 0.29) is 12.5 Å². The number of hydrogen-bond donors (Lipinski definition) is 2. The van der Waals surface area contributed by atoms with Gasteiger partial charge in [0.05, 0.1) is 0 Å². The van der Waals surface area contributed by atoms with Crippen LogP contribution in [0.2, 0.25) is 0 Å². The van der Waals surface area contributed by atoms with Crippen LogP contribution in [-0.2, 0) is 16.0 Å². The molecule has 1 atom stereocenters. The number of carboxylic acid groups (broad SMARTS) is 1. The molecule has 0 bridgehead atoms. The van der Waals surface area contributed by atoms with Gasteiger partial charge in [0, 0.05) is 19.0 Å². The van der Waals surface area contributed by atoms with E-state index in [0.29, 0.717) is 24.5 Å². The fourth-order valence-electron chi connectivity index (χ4n) is 2.04. The molecule has 0 radical (unpaired) electrons. The molecule has 0 saturated carbocycles. The lowest BCUT2D eigenvalue weighted by Gasteiger charge is -2.08. The summed E-state index contributed by atoms with van der Waals surface area (Å²) in [4.78, 5) is 22.4. The van der Waals surface area contributed by atoms with Crippen LogP contribution in [-0.4, -0.2) is 36.2 Å². The SMILES string of the molecule is CCCCNC(=O)COc1ccc2c(c1)OC(C(=O)O)C2. The first-order valence-corrected chi connectivity index (χ1v) is 7.02. The van der Waals surface area contributed by atoms with E-state index in [1.165, 1.54) is 0 Å². The lowest BCUT2D eigenvalue weighted by atomic mass is 10.1. The number of carboxylic acids is 1. The quantitative estimate of drug-likeness (QED) is 0.742. The third-order valence-corrected chi connectivity index (χ3v) is 3.21. The second-order valence-corrected chi connectivity index (χ2v) is 4.91. The average molecular weight is 293 g/mol. The largest absolute Gasteiger partial charge is 0.484 e. The van der Waals surface area contributed by atoms with E-state index in [1.807, 2.05) is 0 Å². The zero-order valence-corrected chi connectivity index (χ0v) is 11.9. The van der Waals surface area contributed by atoms with Crippen LogP contribution in [0.3, 0.4) is 0 Å². The van der Waals surface area contributed by atoms with Gasteiger partial charge < -0.3 is 19.9 Å². The van der Waals surface area contributed by atoms with Crippen molar-refractivity contribution in [2.45, 2.75) is 32.3 Å². The summed E-state index contributed by atoms with van der Waals surface area (Å²) in [6, 6.07) is 5.10. The van der Waals surface area contributed by atoms with Crippen LogP contribution < -0.4 is 14.8 Å². The number of hydrogen-bond acceptors (Lipinski definition) is 4. The highest BCUT2D eigenvalue weighted by Gasteiger charge is 2.28. The molecule has 1 aromatic rings. The molecule has 0 aromatic heterocycles. The molecule has 1 aromatic carbocycles. The molecule has 21 heavy (non-hydrogen) atoms. The predicted molar refractivity (Wildman–Crippen MR) is 75.6 cm³/mol. The molecule has 6 nitrogen and oxygen atoms in total. The molecule has 1 amide bonds. The highest BCUT2D eigenvalue weighted by Crippen LogP contribution is 2.32. The monoisotopic (exact) mass is 293 g/mol. The summed E-state index contributed by atoms with van der Waals surface area (Å²) in [6.45, 7) is 2.63. The van der Waals surface area contributed by atoms with Crippen molar-refractivity contribution in [1.82, 2.24) is 5.32 Å². The normalized spacial score (nSPS) is 16.0. The Hall–Kier alpha value is -2.24. The standard InChI is InChI=1S/C15H19NO5/c1-2-3-6-16-14(17)9-20-11-5-4-10-7-13(15(18)19)21-12(10)8-11/h4-5,8,13H,2-3,6-7,9H2,1H3,(H,16,17)(H,18,19). The lowest BCUT2D eigenvalue weighted by Crippen LogP contribution is -2.29. The highest BCUT2D eigenvalue weighted by atomic mass is 16.5. The fourth-order valence-corrected chi connectivity index (χ4v) is 2.04. The first-order valence-electron chi connectivity index (χ1n) is 7.02. The van der Waals surface area contributed by atoms with E-state index in [2.05, 4.69) is 12.2 Å². The number of nitrogens with one attached hydrogen (secondary N) is 1. The summed E-state index contributed by atoms with van der Waals surface area (Å²) < 4.78 is 10.7. The molecule has 114 valence electrons. The van der Waals surface area contributed by atoms with Gasteiger partial charge in [-0.3, -0.25) is 4.79 Å². The minimum atomic E-state index is -0.982. The average Bonchev–Trinajstić information content (AvgIpc) is 2.89. The maximum Gasteiger partial charge on any atom is 0.345 e. The van der Waals surface area contributed by atoms with Gasteiger partial charge in [-0.05, 0) is 18.1 Å². The Kier molecular flexibility index (Phi) is 5.03. The third-order valence-electron chi connectivity index (χ3n) is 3.21. The van der Waals surface area contributed by atoms with E-state index in [4.69, 9.17) is 14.6 Å². The highest BCUT2D eigenvalue weighted by molar-refractivity contribution is 5.77. The first kappa shape index (κ1) is 15.2. The van der Waals surface area contributed by atoms with Crippen molar-refractivity contribution in [3.05, 3.63) is 23.8 Å². The van der Waals surface area contributed by atoms with Crippen LogP contribution in [0.25, 0.3) is 0 Å². The van der Waals surface area contributed by atoms with Crippen molar-refractivity contribution in [3.63, 3.8) is 0 Å². The van der Waals surface area contributed by atoms with Crippen LogP contribution in [0.5, 0.6) is 11.5 Å². The van der Waals surface area contributed by atoms with Gasteiger partial charge >= 0.3 is 5.97 Å². The topological polar surface area (TPSA) is 84.9 Å². The molecule has 0 fully saturated rings. The molecule has 6 heteroatoms. The van der Waals surface area contributed by atoms with E-state index in [1.54, 1.807) is 18.2 Å². The lowest BCUT2D eigenvalue weighted by molar-refractivity contribution is -0.144. The number of rotatable bonds is 7. The zero-order valence-electron chi connectivity index (χ0n) is 11.9. The van der Waals surface area contributed by atoms with Gasteiger partial charge in [0.15, 0.2) is 12.7 Å². The molecular formula is C15H19NO5. The molecule has 0 saturated heterocycles. The van der Waals surface area contributed by atoms with Crippen molar-refractivity contribution < 1.29 is 24.2 Å². The molecule has 1 unspecified atom stereocenters. The van der Waals surface area contributed by atoms with Crippen molar-refractivity contribution in [2.75, 3.05) is 13.2 Å². The number of amides is 1. The number of fused-ring (bicyclic) bond motifs is 1. The number of aliphatic carboxylic acids is 1. The van der Waals surface area contributed by atoms with Gasteiger partial charge in [-0.15, -0.1) is 0 Å². The van der Waals surface area contributed by atoms with Gasteiger partial charge in [-0.1, -0.05) is 19.4 Å². The van der Waals surface area contributed by atoms with E-state index < -0.39 is 12.1 Å². The maximum absolute atomic E-state index is 11.5. The third kappa shape index (κ3) is 4.11. The van der Waals surface area contributed by atoms with Crippen LogP contribution in [0, 0.1) is 0 Å². The number of ether oxygens (including phenoxy) is 2. The van der Waals surface area contributed by atoms with Crippen LogP contribution >= 0.6 is 0 Å². The summed E-state index contributed by atoms with van der Waals surface area (Å²) in [6.07, 6.45) is 1.47. The van der Waals surface area contributed by atoms with Crippen molar-refractivity contribution in [2.24, 2.45) is 0 Å². The van der Waals surface area contributed by atoms with Crippen molar-refractivity contribution in [1.29, 1.82) is 0 Å². The zero-order chi connectivity index (χ0) is 15.2. The number of benzene rings is 1. The van der Waals surface area contributed by atoms with Gasteiger partial charge in [0.25, 0.3) is 5.91 Å². The number of carbonyl (C=O) groups is 2. The summed E-state index contributed by atoms with van der Waals surface area (Å²) in [5.74, 6) is -0.158. The minimum Gasteiger partial charge on any atom is -0.484 e. The summed E-state index contributed by atoms with van der Waals surface area (Å²) >= 11 is 0. The van der Waals surface area contributed by atoms with Crippen molar-refractivity contribution >= 4 is 11.9 Å². The molecule has 1 heterocycles. The molecule has 2 rings (SSSR count). The molecule has 2 N–H and O–H groups in total. The Morgan fingerprint density at radius 1 is 1.48 bits per heavy atom. The maximum atomic E-state index is 11.5. The smallest absolute Gasteiger partial charge is 0.345 e. The molecule has 1 aliphatic rings. The summed E-state index contributed by atoms with van der Waals surface area (Å²) in [7, 11) is 0. The van der Waals surface area contributed by atoms with E-state index >= 15 is 0 Å². The molecule has 0 aliphatic carbocycles.